The van der Waals surface area contributed by atoms with E-state index in [1.807, 2.05) is 0 Å². The number of aliphatic hydroxyl groups is 1. The fourth-order valence-electron chi connectivity index (χ4n) is 4.32. The first kappa shape index (κ1) is 21.4. The molecule has 33 heavy (non-hydrogen) atoms. The number of hydrogen-bond acceptors (Lipinski definition) is 8. The third kappa shape index (κ3) is 3.72. The van der Waals surface area contributed by atoms with Crippen molar-refractivity contribution in [3.05, 3.63) is 46.5 Å². The van der Waals surface area contributed by atoms with Crippen molar-refractivity contribution in [2.75, 3.05) is 24.8 Å². The Morgan fingerprint density at radius 1 is 1.27 bits per heavy atom. The summed E-state index contributed by atoms with van der Waals surface area (Å²) in [5.41, 5.74) is 0.787. The lowest BCUT2D eigenvalue weighted by Crippen LogP contribution is -2.51. The lowest BCUT2D eigenvalue weighted by Gasteiger charge is -2.35. The molecule has 0 spiro atoms. The Morgan fingerprint density at radius 2 is 2.12 bits per heavy atom. The number of ether oxygens (including phenoxy) is 1. The maximum atomic E-state index is 13.0. The number of pyridine rings is 1. The number of amides is 1. The van der Waals surface area contributed by atoms with Crippen molar-refractivity contribution in [2.24, 2.45) is 0 Å². The highest BCUT2D eigenvalue weighted by molar-refractivity contribution is 6.00. The van der Waals surface area contributed by atoms with Gasteiger partial charge >= 0.3 is 0 Å². The van der Waals surface area contributed by atoms with Crippen LogP contribution in [0.2, 0.25) is 0 Å². The largest absolute Gasteiger partial charge is 0.391 e. The molecule has 0 aromatic carbocycles. The highest BCUT2D eigenvalue weighted by atomic mass is 16.5. The smallest absolute Gasteiger partial charge is 0.274 e. The molecule has 1 unspecified atom stereocenters. The minimum atomic E-state index is -0.510. The third-order valence-electron chi connectivity index (χ3n) is 6.60. The Morgan fingerprint density at radius 3 is 2.76 bits per heavy atom. The Hall–Kier alpha value is -3.44. The van der Waals surface area contributed by atoms with Crippen LogP contribution in [0.5, 0.6) is 0 Å². The van der Waals surface area contributed by atoms with Gasteiger partial charge in [-0.2, -0.15) is 9.61 Å². The van der Waals surface area contributed by atoms with Gasteiger partial charge in [-0.15, -0.1) is 0 Å². The molecular formula is C22H27N7O4. The summed E-state index contributed by atoms with van der Waals surface area (Å²) in [5, 5.41) is 23.4. The standard InChI is InChI=1S/C22H27N7O4/c1-23-19-10-18(25-14-4-3-9-28(22(14)32)15-6-7-16(15)30)27-20-12(11-24-29(19)20)21(31)26-13-5-8-17(13)33-2/h3-4,9-11,13,15-17,23,30H,5-8H2,1-2H3,(H,25,27)(H,26,31)/t13?,15-,16+,17-/m1/s1. The van der Waals surface area contributed by atoms with E-state index in [0.29, 0.717) is 35.0 Å². The molecule has 0 aliphatic heterocycles. The number of nitrogens with zero attached hydrogens (tertiary/aromatic N) is 4. The summed E-state index contributed by atoms with van der Waals surface area (Å²) in [6.45, 7) is 0. The van der Waals surface area contributed by atoms with E-state index in [9.17, 15) is 14.7 Å². The molecule has 3 heterocycles. The molecule has 4 N–H and O–H groups in total. The van der Waals surface area contributed by atoms with E-state index < -0.39 is 6.10 Å². The zero-order chi connectivity index (χ0) is 23.1. The molecule has 3 aromatic heterocycles. The van der Waals surface area contributed by atoms with E-state index in [1.54, 1.807) is 47.6 Å². The molecule has 0 saturated heterocycles. The van der Waals surface area contributed by atoms with Crippen LogP contribution in [-0.2, 0) is 4.74 Å². The molecule has 4 atom stereocenters. The zero-order valence-corrected chi connectivity index (χ0v) is 18.5. The lowest BCUT2D eigenvalue weighted by molar-refractivity contribution is 0.00732. The normalized spacial score (nSPS) is 24.1. The number of rotatable bonds is 7. The highest BCUT2D eigenvalue weighted by Gasteiger charge is 2.33. The summed E-state index contributed by atoms with van der Waals surface area (Å²) in [5.74, 6) is 0.721. The number of carbonyl (C=O) groups excluding carboxylic acids is 1. The molecule has 5 rings (SSSR count). The van der Waals surface area contributed by atoms with E-state index in [2.05, 4.69) is 26.0 Å². The predicted octanol–water partition coefficient (Wildman–Crippen LogP) is 1.28. The average molecular weight is 454 g/mol. The van der Waals surface area contributed by atoms with E-state index in [4.69, 9.17) is 4.74 Å². The molecule has 174 valence electrons. The number of fused-ring (bicyclic) bond motifs is 1. The second kappa shape index (κ2) is 8.49. The fourth-order valence-corrected chi connectivity index (χ4v) is 4.32. The van der Waals surface area contributed by atoms with Crippen molar-refractivity contribution in [3.63, 3.8) is 0 Å². The molecule has 0 radical (unpaired) electrons. The number of anilines is 3. The Kier molecular flexibility index (Phi) is 5.51. The summed E-state index contributed by atoms with van der Waals surface area (Å²) >= 11 is 0. The first-order chi connectivity index (χ1) is 16.0. The number of aliphatic hydroxyl groups excluding tert-OH is 1. The first-order valence-corrected chi connectivity index (χ1v) is 11.1. The molecule has 2 saturated carbocycles. The second-order valence-corrected chi connectivity index (χ2v) is 8.47. The van der Waals surface area contributed by atoms with Gasteiger partial charge in [-0.3, -0.25) is 9.59 Å². The van der Waals surface area contributed by atoms with Gasteiger partial charge in [-0.05, 0) is 37.8 Å². The Bertz CT molecular complexity index is 1250. The van der Waals surface area contributed by atoms with E-state index in [1.165, 1.54) is 6.20 Å². The maximum absolute atomic E-state index is 13.0. The summed E-state index contributed by atoms with van der Waals surface area (Å²) in [4.78, 5) is 30.5. The average Bonchev–Trinajstić information content (AvgIpc) is 3.22. The van der Waals surface area contributed by atoms with Crippen LogP contribution in [-0.4, -0.2) is 62.6 Å². The molecule has 0 bridgehead atoms. The third-order valence-corrected chi connectivity index (χ3v) is 6.60. The van der Waals surface area contributed by atoms with Crippen molar-refractivity contribution in [3.8, 4) is 0 Å². The highest BCUT2D eigenvalue weighted by Crippen LogP contribution is 2.31. The molecule has 11 nitrogen and oxygen atoms in total. The van der Waals surface area contributed by atoms with Crippen molar-refractivity contribution < 1.29 is 14.6 Å². The quantitative estimate of drug-likeness (QED) is 0.420. The molecule has 3 aromatic rings. The lowest BCUT2D eigenvalue weighted by atomic mass is 9.89. The topological polar surface area (TPSA) is 135 Å². The Labute approximate surface area is 189 Å². The van der Waals surface area contributed by atoms with Crippen LogP contribution in [0, 0.1) is 0 Å². The van der Waals surface area contributed by atoms with Crippen molar-refractivity contribution in [2.45, 2.75) is 50.0 Å². The van der Waals surface area contributed by atoms with Gasteiger partial charge < -0.3 is 30.4 Å². The zero-order valence-electron chi connectivity index (χ0n) is 18.5. The first-order valence-electron chi connectivity index (χ1n) is 11.1. The van der Waals surface area contributed by atoms with Crippen molar-refractivity contribution in [1.82, 2.24) is 24.5 Å². The second-order valence-electron chi connectivity index (χ2n) is 8.47. The number of aromatic nitrogens is 4. The van der Waals surface area contributed by atoms with Gasteiger partial charge in [0.2, 0.25) is 0 Å². The summed E-state index contributed by atoms with van der Waals surface area (Å²) < 4.78 is 8.46. The van der Waals surface area contributed by atoms with Crippen LogP contribution in [0.4, 0.5) is 17.3 Å². The van der Waals surface area contributed by atoms with Gasteiger partial charge in [-0.1, -0.05) is 0 Å². The van der Waals surface area contributed by atoms with Crippen molar-refractivity contribution in [1.29, 1.82) is 0 Å². The number of nitrogens with one attached hydrogen (secondary N) is 3. The fraction of sp³-hybridized carbons (Fsp3) is 0.455. The van der Waals surface area contributed by atoms with Crippen molar-refractivity contribution >= 4 is 28.9 Å². The minimum absolute atomic E-state index is 0.0169. The number of methoxy groups -OCH3 is 1. The van der Waals surface area contributed by atoms with Gasteiger partial charge in [0.1, 0.15) is 22.9 Å². The predicted molar refractivity (Wildman–Crippen MR) is 122 cm³/mol. The van der Waals surface area contributed by atoms with Gasteiger partial charge in [0, 0.05) is 26.4 Å². The van der Waals surface area contributed by atoms with Gasteiger partial charge in [-0.25, -0.2) is 4.98 Å². The van der Waals surface area contributed by atoms with Crippen LogP contribution >= 0.6 is 0 Å². The van der Waals surface area contributed by atoms with E-state index in [0.717, 1.165) is 19.3 Å². The number of hydrogen-bond donors (Lipinski definition) is 4. The molecule has 1 amide bonds. The van der Waals surface area contributed by atoms with Crippen LogP contribution in [0.3, 0.4) is 0 Å². The molecule has 2 fully saturated rings. The monoisotopic (exact) mass is 453 g/mol. The van der Waals surface area contributed by atoms with Crippen LogP contribution in [0.1, 0.15) is 42.1 Å². The Balaban J connectivity index is 1.46. The van der Waals surface area contributed by atoms with Gasteiger partial charge in [0.15, 0.2) is 5.65 Å². The summed E-state index contributed by atoms with van der Waals surface area (Å²) in [7, 11) is 3.38. The maximum Gasteiger partial charge on any atom is 0.274 e. The van der Waals surface area contributed by atoms with Gasteiger partial charge in [0.25, 0.3) is 11.5 Å². The summed E-state index contributed by atoms with van der Waals surface area (Å²) in [6, 6.07) is 4.89. The van der Waals surface area contributed by atoms with Crippen LogP contribution < -0.4 is 21.5 Å². The van der Waals surface area contributed by atoms with E-state index >= 15 is 0 Å². The summed E-state index contributed by atoms with van der Waals surface area (Å²) in [6.07, 6.45) is 5.90. The number of carbonyl (C=O) groups is 1. The SMILES string of the molecule is CNc1cc(Nc2cccn([C@@H]3CC[C@@H]3O)c2=O)nc2c(C(=O)NC3CC[C@H]3OC)cnn12. The molecule has 2 aliphatic rings. The molecular weight excluding hydrogens is 426 g/mol. The van der Waals surface area contributed by atoms with Crippen LogP contribution in [0.15, 0.2) is 35.4 Å². The molecule has 2 aliphatic carbocycles. The van der Waals surface area contributed by atoms with E-state index in [-0.39, 0.29) is 29.7 Å². The van der Waals surface area contributed by atoms with Crippen LogP contribution in [0.25, 0.3) is 5.65 Å². The minimum Gasteiger partial charge on any atom is -0.391 e. The van der Waals surface area contributed by atoms with Gasteiger partial charge in [0.05, 0.1) is 30.5 Å². The molecule has 11 heteroatoms.